The predicted octanol–water partition coefficient (Wildman–Crippen LogP) is 2.20. The molecule has 0 spiro atoms. The van der Waals surface area contributed by atoms with Crippen LogP contribution in [0.25, 0.3) is 0 Å². The van der Waals surface area contributed by atoms with Crippen LogP contribution in [0.2, 0.25) is 0 Å². The number of ether oxygens (including phenoxy) is 1. The molecular formula is C15H25NO6. The van der Waals surface area contributed by atoms with Crippen LogP contribution in [0.1, 0.15) is 47.0 Å². The van der Waals surface area contributed by atoms with Gasteiger partial charge < -0.3 is 19.8 Å². The van der Waals surface area contributed by atoms with E-state index in [2.05, 4.69) is 0 Å². The predicted molar refractivity (Wildman–Crippen MR) is 78.5 cm³/mol. The largest absolute Gasteiger partial charge is 0.481 e. The summed E-state index contributed by atoms with van der Waals surface area (Å²) >= 11 is 0. The molecule has 2 unspecified atom stereocenters. The highest BCUT2D eigenvalue weighted by Crippen LogP contribution is 2.30. The van der Waals surface area contributed by atoms with Gasteiger partial charge in [0, 0.05) is 18.5 Å². The molecule has 0 bridgehead atoms. The second kappa shape index (κ2) is 6.98. The zero-order chi connectivity index (χ0) is 17.1. The van der Waals surface area contributed by atoms with Crippen LogP contribution in [0.3, 0.4) is 0 Å². The number of aliphatic carboxylic acids is 2. The van der Waals surface area contributed by atoms with E-state index in [0.717, 1.165) is 12.8 Å². The summed E-state index contributed by atoms with van der Waals surface area (Å²) in [4.78, 5) is 36.2. The van der Waals surface area contributed by atoms with E-state index in [1.54, 1.807) is 27.7 Å². The highest BCUT2D eigenvalue weighted by Gasteiger charge is 2.42. The molecule has 0 aromatic rings. The SMILES string of the molecule is CC(C(C(=O)O)C(=O)O)C1CCCCN1C(=O)OC(C)(C)C. The van der Waals surface area contributed by atoms with Crippen molar-refractivity contribution in [3.63, 3.8) is 0 Å². The average Bonchev–Trinajstić information content (AvgIpc) is 2.35. The maximum Gasteiger partial charge on any atom is 0.410 e. The molecule has 0 saturated carbocycles. The Bertz CT molecular complexity index is 428. The van der Waals surface area contributed by atoms with Gasteiger partial charge in [-0.05, 0) is 40.0 Å². The Labute approximate surface area is 130 Å². The summed E-state index contributed by atoms with van der Waals surface area (Å²) in [5.41, 5.74) is -0.651. The summed E-state index contributed by atoms with van der Waals surface area (Å²) in [6, 6.07) is -0.444. The first-order valence-electron chi connectivity index (χ1n) is 7.50. The number of hydrogen-bond donors (Lipinski definition) is 2. The summed E-state index contributed by atoms with van der Waals surface area (Å²) in [6.07, 6.45) is 1.70. The molecule has 7 nitrogen and oxygen atoms in total. The molecule has 0 aromatic heterocycles. The van der Waals surface area contributed by atoms with E-state index in [9.17, 15) is 14.4 Å². The quantitative estimate of drug-likeness (QED) is 0.771. The zero-order valence-corrected chi connectivity index (χ0v) is 13.5. The summed E-state index contributed by atoms with van der Waals surface area (Å²) in [7, 11) is 0. The smallest absolute Gasteiger partial charge is 0.410 e. The van der Waals surface area contributed by atoms with E-state index in [0.29, 0.717) is 13.0 Å². The normalized spacial score (nSPS) is 20.6. The third-order valence-corrected chi connectivity index (χ3v) is 3.84. The van der Waals surface area contributed by atoms with Gasteiger partial charge in [-0.25, -0.2) is 4.79 Å². The molecule has 1 rings (SSSR count). The van der Waals surface area contributed by atoms with Crippen molar-refractivity contribution in [3.8, 4) is 0 Å². The fourth-order valence-electron chi connectivity index (χ4n) is 2.83. The summed E-state index contributed by atoms with van der Waals surface area (Å²) in [6.45, 7) is 7.29. The Balaban J connectivity index is 2.95. The monoisotopic (exact) mass is 315 g/mol. The zero-order valence-electron chi connectivity index (χ0n) is 13.5. The van der Waals surface area contributed by atoms with Gasteiger partial charge >= 0.3 is 18.0 Å². The van der Waals surface area contributed by atoms with E-state index in [-0.39, 0.29) is 0 Å². The molecule has 2 N–H and O–H groups in total. The summed E-state index contributed by atoms with van der Waals surface area (Å²) in [5.74, 6) is -4.99. The van der Waals surface area contributed by atoms with Crippen LogP contribution in [0, 0.1) is 11.8 Å². The fraction of sp³-hybridized carbons (Fsp3) is 0.800. The molecule has 1 aliphatic rings. The van der Waals surface area contributed by atoms with Gasteiger partial charge in [-0.3, -0.25) is 9.59 Å². The third kappa shape index (κ3) is 4.61. The van der Waals surface area contributed by atoms with Gasteiger partial charge in [0.15, 0.2) is 5.92 Å². The van der Waals surface area contributed by atoms with Crippen LogP contribution in [0.15, 0.2) is 0 Å². The van der Waals surface area contributed by atoms with Crippen LogP contribution in [0.4, 0.5) is 4.79 Å². The van der Waals surface area contributed by atoms with Gasteiger partial charge in [0.1, 0.15) is 5.60 Å². The lowest BCUT2D eigenvalue weighted by Gasteiger charge is -2.40. The molecule has 1 fully saturated rings. The van der Waals surface area contributed by atoms with Crippen molar-refractivity contribution in [2.45, 2.75) is 58.6 Å². The van der Waals surface area contributed by atoms with Crippen molar-refractivity contribution < 1.29 is 29.3 Å². The van der Waals surface area contributed by atoms with E-state index in [4.69, 9.17) is 14.9 Å². The molecule has 1 saturated heterocycles. The van der Waals surface area contributed by atoms with Crippen LogP contribution in [-0.4, -0.2) is 51.3 Å². The molecule has 0 aromatic carbocycles. The minimum absolute atomic E-state index is 0.444. The number of carboxylic acid groups (broad SMARTS) is 2. The molecular weight excluding hydrogens is 290 g/mol. The maximum absolute atomic E-state index is 12.3. The number of amides is 1. The molecule has 1 heterocycles. The van der Waals surface area contributed by atoms with Crippen molar-refractivity contribution in [1.82, 2.24) is 4.90 Å². The van der Waals surface area contributed by atoms with Crippen LogP contribution in [0.5, 0.6) is 0 Å². The molecule has 1 aliphatic heterocycles. The fourth-order valence-corrected chi connectivity index (χ4v) is 2.83. The number of rotatable bonds is 4. The van der Waals surface area contributed by atoms with Crippen molar-refractivity contribution in [3.05, 3.63) is 0 Å². The number of piperidine rings is 1. The van der Waals surface area contributed by atoms with Crippen molar-refractivity contribution in [2.75, 3.05) is 6.54 Å². The van der Waals surface area contributed by atoms with Crippen LogP contribution < -0.4 is 0 Å². The average molecular weight is 315 g/mol. The van der Waals surface area contributed by atoms with E-state index >= 15 is 0 Å². The van der Waals surface area contributed by atoms with Crippen LogP contribution >= 0.6 is 0 Å². The third-order valence-electron chi connectivity index (χ3n) is 3.84. The number of carbonyl (C=O) groups is 3. The lowest BCUT2D eigenvalue weighted by atomic mass is 9.82. The molecule has 1 amide bonds. The molecule has 126 valence electrons. The topological polar surface area (TPSA) is 104 Å². The Hall–Kier alpha value is -1.79. The summed E-state index contributed by atoms with van der Waals surface area (Å²) < 4.78 is 5.35. The van der Waals surface area contributed by atoms with Gasteiger partial charge in [-0.2, -0.15) is 0 Å². The number of likely N-dealkylation sites (tertiary alicyclic amines) is 1. The van der Waals surface area contributed by atoms with Crippen molar-refractivity contribution >= 4 is 18.0 Å². The van der Waals surface area contributed by atoms with Gasteiger partial charge in [0.05, 0.1) is 0 Å². The molecule has 7 heteroatoms. The summed E-state index contributed by atoms with van der Waals surface area (Å²) in [5, 5.41) is 18.3. The first kappa shape index (κ1) is 18.3. The van der Waals surface area contributed by atoms with E-state index in [1.165, 1.54) is 4.90 Å². The van der Waals surface area contributed by atoms with E-state index in [1.807, 2.05) is 0 Å². The maximum atomic E-state index is 12.3. The van der Waals surface area contributed by atoms with Gasteiger partial charge in [-0.15, -0.1) is 0 Å². The minimum Gasteiger partial charge on any atom is -0.481 e. The Kier molecular flexibility index (Phi) is 5.79. The lowest BCUT2D eigenvalue weighted by molar-refractivity contribution is -0.158. The number of carbonyl (C=O) groups excluding carboxylic acids is 1. The van der Waals surface area contributed by atoms with Crippen molar-refractivity contribution in [2.24, 2.45) is 11.8 Å². The van der Waals surface area contributed by atoms with E-state index < -0.39 is 41.5 Å². The Morgan fingerprint density at radius 1 is 1.14 bits per heavy atom. The molecule has 22 heavy (non-hydrogen) atoms. The van der Waals surface area contributed by atoms with Gasteiger partial charge in [0.2, 0.25) is 0 Å². The van der Waals surface area contributed by atoms with Crippen molar-refractivity contribution in [1.29, 1.82) is 0 Å². The number of hydrogen-bond acceptors (Lipinski definition) is 4. The Morgan fingerprint density at radius 2 is 1.68 bits per heavy atom. The molecule has 0 aliphatic carbocycles. The second-order valence-electron chi connectivity index (χ2n) is 6.75. The molecule has 2 atom stereocenters. The highest BCUT2D eigenvalue weighted by atomic mass is 16.6. The molecule has 0 radical (unpaired) electrons. The minimum atomic E-state index is -1.53. The first-order chi connectivity index (χ1) is 10.0. The first-order valence-corrected chi connectivity index (χ1v) is 7.50. The second-order valence-corrected chi connectivity index (χ2v) is 6.75. The lowest BCUT2D eigenvalue weighted by Crippen LogP contribution is -2.52. The Morgan fingerprint density at radius 3 is 2.14 bits per heavy atom. The van der Waals surface area contributed by atoms with Crippen LogP contribution in [-0.2, 0) is 14.3 Å². The number of carboxylic acids is 2. The highest BCUT2D eigenvalue weighted by molar-refractivity contribution is 5.93. The van der Waals surface area contributed by atoms with Gasteiger partial charge in [-0.1, -0.05) is 6.92 Å². The standard InChI is InChI=1S/C15H25NO6/c1-9(11(12(17)18)13(19)20)10-7-5-6-8-16(10)14(21)22-15(2,3)4/h9-11H,5-8H2,1-4H3,(H,17,18)(H,19,20). The van der Waals surface area contributed by atoms with Gasteiger partial charge in [0.25, 0.3) is 0 Å². The number of nitrogens with zero attached hydrogens (tertiary/aromatic N) is 1.